The molecular weight excluding hydrogens is 432 g/mol. The summed E-state index contributed by atoms with van der Waals surface area (Å²) in [6.07, 6.45) is 1.61. The Balaban J connectivity index is 2.01. The molecule has 6 N–H and O–H groups in total. The topological polar surface area (TPSA) is 196 Å². The smallest absolute Gasteiger partial charge is 0.323 e. The van der Waals surface area contributed by atoms with Gasteiger partial charge in [0.1, 0.15) is 17.6 Å². The summed E-state index contributed by atoms with van der Waals surface area (Å²) in [6, 6.07) is -0.748. The third-order valence-corrected chi connectivity index (χ3v) is 5.06. The molecule has 0 aliphatic carbocycles. The second kappa shape index (κ2) is 12.1. The lowest BCUT2D eigenvalue weighted by atomic mass is 10.0. The van der Waals surface area contributed by atoms with Crippen molar-refractivity contribution in [3.05, 3.63) is 16.2 Å². The first-order valence-electron chi connectivity index (χ1n) is 10.9. The number of ether oxygens (including phenoxy) is 2. The summed E-state index contributed by atoms with van der Waals surface area (Å²) in [5, 5.41) is 0. The van der Waals surface area contributed by atoms with Crippen LogP contribution in [0.2, 0.25) is 0 Å². The van der Waals surface area contributed by atoms with Crippen LogP contribution in [0.3, 0.4) is 0 Å². The number of anilines is 1. The zero-order valence-electron chi connectivity index (χ0n) is 19.2. The molecule has 0 fully saturated rings. The van der Waals surface area contributed by atoms with Crippen molar-refractivity contribution in [1.29, 1.82) is 0 Å². The predicted molar refractivity (Wildman–Crippen MR) is 120 cm³/mol. The number of aromatic amines is 2. The van der Waals surface area contributed by atoms with Gasteiger partial charge in [0, 0.05) is 25.2 Å². The van der Waals surface area contributed by atoms with Crippen molar-refractivity contribution < 1.29 is 23.9 Å². The van der Waals surface area contributed by atoms with Crippen LogP contribution in [0.1, 0.15) is 52.3 Å². The molecule has 0 aliphatic rings. The number of nitrogens with zero attached hydrogens (tertiary/aromatic N) is 2. The van der Waals surface area contributed by atoms with E-state index >= 15 is 0 Å². The molecule has 0 aromatic carbocycles. The summed E-state index contributed by atoms with van der Waals surface area (Å²) >= 11 is 0. The van der Waals surface area contributed by atoms with E-state index in [0.717, 1.165) is 0 Å². The third-order valence-electron chi connectivity index (χ3n) is 5.06. The van der Waals surface area contributed by atoms with Crippen LogP contribution < -0.4 is 17.0 Å². The van der Waals surface area contributed by atoms with Gasteiger partial charge in [-0.1, -0.05) is 13.8 Å². The molecule has 2 heterocycles. The number of nitrogen functional groups attached to an aromatic ring is 1. The summed E-state index contributed by atoms with van der Waals surface area (Å²) in [5.74, 6) is -0.840. The van der Waals surface area contributed by atoms with Crippen molar-refractivity contribution >= 4 is 34.8 Å². The number of fused-ring (bicyclic) bond motifs is 1. The summed E-state index contributed by atoms with van der Waals surface area (Å²) < 4.78 is 10.6. The third kappa shape index (κ3) is 8.29. The van der Waals surface area contributed by atoms with Crippen LogP contribution in [-0.2, 0) is 30.3 Å². The Bertz CT molecular complexity index is 1030. The lowest BCUT2D eigenvalue weighted by molar-refractivity contribution is -0.149. The summed E-state index contributed by atoms with van der Waals surface area (Å²) in [6.45, 7) is 5.24. The van der Waals surface area contributed by atoms with Gasteiger partial charge in [-0.3, -0.25) is 19.4 Å². The van der Waals surface area contributed by atoms with E-state index in [1.165, 1.54) is 6.92 Å². The Labute approximate surface area is 190 Å². The van der Waals surface area contributed by atoms with Crippen molar-refractivity contribution in [2.24, 2.45) is 17.6 Å². The van der Waals surface area contributed by atoms with E-state index in [1.54, 1.807) is 0 Å². The lowest BCUT2D eigenvalue weighted by Crippen LogP contribution is -2.38. The first-order chi connectivity index (χ1) is 15.6. The molecule has 0 radical (unpaired) electrons. The van der Waals surface area contributed by atoms with Gasteiger partial charge in [-0.2, -0.15) is 4.98 Å². The Morgan fingerprint density at radius 3 is 2.48 bits per heavy atom. The number of H-pyrrole nitrogens is 2. The van der Waals surface area contributed by atoms with Crippen LogP contribution in [0, 0.1) is 11.8 Å². The molecule has 0 amide bonds. The highest BCUT2D eigenvalue weighted by Crippen LogP contribution is 2.15. The molecule has 2 aromatic heterocycles. The Hall–Kier alpha value is -3.28. The number of hydrogen-bond acceptors (Lipinski definition) is 10. The lowest BCUT2D eigenvalue weighted by Gasteiger charge is -2.19. The number of ketones is 1. The Morgan fingerprint density at radius 2 is 1.82 bits per heavy atom. The summed E-state index contributed by atoms with van der Waals surface area (Å²) in [7, 11) is 0. The van der Waals surface area contributed by atoms with Crippen molar-refractivity contribution in [1.82, 2.24) is 19.9 Å². The van der Waals surface area contributed by atoms with Gasteiger partial charge in [0.2, 0.25) is 5.95 Å². The number of carbonyl (C=O) groups excluding carboxylic acids is 3. The molecule has 12 nitrogen and oxygen atoms in total. The van der Waals surface area contributed by atoms with Crippen LogP contribution in [0.5, 0.6) is 0 Å². The van der Waals surface area contributed by atoms with Gasteiger partial charge in [0.15, 0.2) is 11.2 Å². The van der Waals surface area contributed by atoms with Crippen LogP contribution >= 0.6 is 0 Å². The fourth-order valence-corrected chi connectivity index (χ4v) is 3.05. The minimum absolute atomic E-state index is 0.0187. The fourth-order valence-electron chi connectivity index (χ4n) is 3.05. The molecule has 0 aliphatic heterocycles. The van der Waals surface area contributed by atoms with Crippen LogP contribution in [0.4, 0.5) is 5.95 Å². The maximum Gasteiger partial charge on any atom is 0.323 e. The standard InChI is InChI=1S/C21H32N6O6/c1-11(2)16(22)20(31)33-10-13(7-8-32-15(29)6-4-5-12(3)28)9-14-24-17-18(25-14)26-21(23)27-19(17)30/h11,13,16H,4-10,22H2,1-3H3,(H4,23,24,25,26,27,30)/t13?,16-/m0/s1. The van der Waals surface area contributed by atoms with Crippen molar-refractivity contribution in [3.63, 3.8) is 0 Å². The molecule has 2 rings (SSSR count). The second-order valence-electron chi connectivity index (χ2n) is 8.37. The number of nitrogens with one attached hydrogen (secondary N) is 2. The monoisotopic (exact) mass is 464 g/mol. The normalized spacial score (nSPS) is 13.1. The highest BCUT2D eigenvalue weighted by atomic mass is 16.5. The number of imidazole rings is 1. The van der Waals surface area contributed by atoms with Crippen LogP contribution in [-0.4, -0.2) is 56.9 Å². The minimum Gasteiger partial charge on any atom is -0.466 e. The van der Waals surface area contributed by atoms with Gasteiger partial charge in [-0.15, -0.1) is 0 Å². The van der Waals surface area contributed by atoms with Crippen molar-refractivity contribution in [2.45, 2.75) is 58.9 Å². The van der Waals surface area contributed by atoms with Crippen molar-refractivity contribution in [2.75, 3.05) is 18.9 Å². The summed E-state index contributed by atoms with van der Waals surface area (Å²) in [5.41, 5.74) is 11.3. The fraction of sp³-hybridized carbons (Fsp3) is 0.619. The number of carbonyl (C=O) groups is 3. The predicted octanol–water partition coefficient (Wildman–Crippen LogP) is 0.606. The highest BCUT2D eigenvalue weighted by Gasteiger charge is 2.22. The maximum atomic E-state index is 12.2. The molecule has 12 heteroatoms. The van der Waals surface area contributed by atoms with Gasteiger partial charge in [0.05, 0.1) is 13.2 Å². The van der Waals surface area contributed by atoms with Gasteiger partial charge < -0.3 is 30.7 Å². The molecule has 0 saturated carbocycles. The first-order valence-corrected chi connectivity index (χ1v) is 10.9. The number of hydrogen-bond donors (Lipinski definition) is 4. The number of Topliss-reactive ketones (excluding diaryl/α,β-unsaturated/α-hetero) is 1. The SMILES string of the molecule is CC(=O)CCCC(=O)OCCC(COC(=O)[C@@H](N)C(C)C)Cc1nc2nc(N)[nH]c(=O)c2[nH]1. The zero-order valence-corrected chi connectivity index (χ0v) is 19.2. The van der Waals surface area contributed by atoms with Crippen molar-refractivity contribution in [3.8, 4) is 0 Å². The molecule has 0 saturated heterocycles. The van der Waals surface area contributed by atoms with Crippen LogP contribution in [0.25, 0.3) is 11.2 Å². The number of rotatable bonds is 13. The first kappa shape index (κ1) is 26.0. The Morgan fingerprint density at radius 1 is 1.09 bits per heavy atom. The molecule has 182 valence electrons. The molecule has 33 heavy (non-hydrogen) atoms. The maximum absolute atomic E-state index is 12.2. The van der Waals surface area contributed by atoms with Crippen LogP contribution in [0.15, 0.2) is 4.79 Å². The van der Waals surface area contributed by atoms with E-state index in [2.05, 4.69) is 19.9 Å². The molecular formula is C21H32N6O6. The second-order valence-corrected chi connectivity index (χ2v) is 8.37. The summed E-state index contributed by atoms with van der Waals surface area (Å²) in [4.78, 5) is 60.6. The van der Waals surface area contributed by atoms with E-state index in [9.17, 15) is 19.2 Å². The van der Waals surface area contributed by atoms with Gasteiger partial charge in [-0.25, -0.2) is 4.98 Å². The zero-order chi connectivity index (χ0) is 24.5. The van der Waals surface area contributed by atoms with E-state index in [0.29, 0.717) is 31.5 Å². The Kier molecular flexibility index (Phi) is 9.52. The molecule has 2 aromatic rings. The largest absolute Gasteiger partial charge is 0.466 e. The molecule has 2 atom stereocenters. The average molecular weight is 465 g/mol. The number of aromatic nitrogens is 4. The number of nitrogens with two attached hydrogens (primary N) is 2. The van der Waals surface area contributed by atoms with Gasteiger partial charge in [0.25, 0.3) is 5.56 Å². The highest BCUT2D eigenvalue weighted by molar-refractivity contribution is 5.76. The minimum atomic E-state index is -0.748. The molecule has 0 bridgehead atoms. The quantitative estimate of drug-likeness (QED) is 0.305. The van der Waals surface area contributed by atoms with E-state index in [1.807, 2.05) is 13.8 Å². The average Bonchev–Trinajstić information content (AvgIpc) is 3.13. The van der Waals surface area contributed by atoms with E-state index in [-0.39, 0.29) is 54.4 Å². The van der Waals surface area contributed by atoms with E-state index < -0.39 is 23.5 Å². The number of esters is 2. The van der Waals surface area contributed by atoms with E-state index in [4.69, 9.17) is 20.9 Å². The molecule has 1 unspecified atom stereocenters. The van der Waals surface area contributed by atoms with Gasteiger partial charge in [-0.05, 0) is 25.7 Å². The molecule has 0 spiro atoms. The van der Waals surface area contributed by atoms with Gasteiger partial charge >= 0.3 is 11.9 Å².